The van der Waals surface area contributed by atoms with Crippen molar-refractivity contribution in [3.8, 4) is 0 Å². The average molecular weight is 480 g/mol. The van der Waals surface area contributed by atoms with E-state index in [0.29, 0.717) is 12.0 Å². The van der Waals surface area contributed by atoms with Crippen LogP contribution in [-0.4, -0.2) is 77.2 Å². The molecule has 0 fully saturated rings. The van der Waals surface area contributed by atoms with Gasteiger partial charge in [-0.3, -0.25) is 19.4 Å². The smallest absolute Gasteiger partial charge is 0.328 e. The third-order valence-corrected chi connectivity index (χ3v) is 4.74. The van der Waals surface area contributed by atoms with Gasteiger partial charge in [0.1, 0.15) is 12.1 Å². The summed E-state index contributed by atoms with van der Waals surface area (Å²) in [6.45, 7) is 1.09. The van der Waals surface area contributed by atoms with Crippen molar-refractivity contribution in [3.63, 3.8) is 0 Å². The number of carboxylic acids is 1. The minimum Gasteiger partial charge on any atom is -0.480 e. The van der Waals surface area contributed by atoms with Gasteiger partial charge in [-0.05, 0) is 25.3 Å². The Hall–Kier alpha value is -3.71. The first-order valence-corrected chi connectivity index (χ1v) is 10.7. The fourth-order valence-corrected chi connectivity index (χ4v) is 3.00. The number of aliphatic imine (C=N–C) groups is 1. The predicted molar refractivity (Wildman–Crippen MR) is 124 cm³/mol. The van der Waals surface area contributed by atoms with Crippen molar-refractivity contribution in [1.82, 2.24) is 16.0 Å². The van der Waals surface area contributed by atoms with Crippen LogP contribution >= 0.6 is 0 Å². The second kappa shape index (κ2) is 14.4. The third-order valence-electron chi connectivity index (χ3n) is 4.74. The molecule has 1 aromatic carbocycles. The molecular formula is C21H33N7O6. The van der Waals surface area contributed by atoms with Gasteiger partial charge in [-0.1, -0.05) is 30.3 Å². The van der Waals surface area contributed by atoms with Crippen molar-refractivity contribution in [2.45, 2.75) is 50.4 Å². The lowest BCUT2D eigenvalue weighted by Gasteiger charge is -2.25. The molecule has 0 aromatic heterocycles. The van der Waals surface area contributed by atoms with E-state index in [1.54, 1.807) is 30.3 Å². The Morgan fingerprint density at radius 2 is 1.62 bits per heavy atom. The highest BCUT2D eigenvalue weighted by molar-refractivity contribution is 5.93. The first-order valence-electron chi connectivity index (χ1n) is 10.7. The van der Waals surface area contributed by atoms with Crippen LogP contribution in [0.5, 0.6) is 0 Å². The average Bonchev–Trinajstić information content (AvgIpc) is 2.78. The first-order chi connectivity index (χ1) is 16.0. The fraction of sp³-hybridized carbons (Fsp3) is 0.476. The van der Waals surface area contributed by atoms with Crippen molar-refractivity contribution in [3.05, 3.63) is 35.9 Å². The lowest BCUT2D eigenvalue weighted by molar-refractivity contribution is -0.145. The molecule has 188 valence electrons. The molecule has 13 nitrogen and oxygen atoms in total. The maximum Gasteiger partial charge on any atom is 0.328 e. The number of rotatable bonds is 14. The second-order valence-electron chi connectivity index (χ2n) is 7.59. The number of aliphatic carboxylic acids is 1. The van der Waals surface area contributed by atoms with Crippen LogP contribution in [0, 0.1) is 0 Å². The standard InChI is InChI=1S/C21H33N7O6/c1-12(29)17(20(33)34)28-19(32)15(10-13-6-3-2-4-7-13)27-18(31)14(26-16(30)11-22)8-5-9-25-21(23)24/h2-4,6-7,12,14-15,17,29H,5,8-11,22H2,1H3,(H,26,30)(H,27,31)(H,28,32)(H,33,34)(H4,23,24,25). The summed E-state index contributed by atoms with van der Waals surface area (Å²) in [6.07, 6.45) is -0.837. The van der Waals surface area contributed by atoms with Gasteiger partial charge in [0, 0.05) is 13.0 Å². The number of amides is 3. The van der Waals surface area contributed by atoms with E-state index in [-0.39, 0.29) is 31.9 Å². The Kier molecular flexibility index (Phi) is 12.0. The summed E-state index contributed by atoms with van der Waals surface area (Å²) in [4.78, 5) is 52.9. The van der Waals surface area contributed by atoms with Gasteiger partial charge in [-0.15, -0.1) is 0 Å². The number of carbonyl (C=O) groups is 4. The lowest BCUT2D eigenvalue weighted by atomic mass is 10.0. The quantitative estimate of drug-likeness (QED) is 0.0778. The molecule has 0 aliphatic rings. The zero-order valence-corrected chi connectivity index (χ0v) is 18.9. The van der Waals surface area contributed by atoms with Crippen LogP contribution in [-0.2, 0) is 25.6 Å². The number of nitrogens with zero attached hydrogens (tertiary/aromatic N) is 1. The van der Waals surface area contributed by atoms with Crippen molar-refractivity contribution >= 4 is 29.7 Å². The number of nitrogens with two attached hydrogens (primary N) is 3. The van der Waals surface area contributed by atoms with Crippen LogP contribution in [0.2, 0.25) is 0 Å². The number of aliphatic hydroxyl groups is 1. The van der Waals surface area contributed by atoms with Crippen LogP contribution in [0.4, 0.5) is 0 Å². The number of carbonyl (C=O) groups excluding carboxylic acids is 3. The van der Waals surface area contributed by atoms with Gasteiger partial charge >= 0.3 is 5.97 Å². The molecule has 3 amide bonds. The fourth-order valence-electron chi connectivity index (χ4n) is 3.00. The van der Waals surface area contributed by atoms with Crippen LogP contribution < -0.4 is 33.2 Å². The van der Waals surface area contributed by atoms with Gasteiger partial charge in [0.25, 0.3) is 0 Å². The molecule has 0 saturated heterocycles. The molecule has 4 unspecified atom stereocenters. The number of guanidine groups is 1. The predicted octanol–water partition coefficient (Wildman–Crippen LogP) is -2.84. The topological polar surface area (TPSA) is 235 Å². The zero-order chi connectivity index (χ0) is 25.7. The molecule has 0 saturated carbocycles. The number of hydrogen-bond acceptors (Lipinski definition) is 7. The van der Waals surface area contributed by atoms with Gasteiger partial charge in [0.15, 0.2) is 12.0 Å². The Bertz CT molecular complexity index is 858. The molecule has 0 aliphatic carbocycles. The first kappa shape index (κ1) is 28.3. The van der Waals surface area contributed by atoms with Gasteiger partial charge in [0.2, 0.25) is 17.7 Å². The molecule has 0 heterocycles. The van der Waals surface area contributed by atoms with E-state index in [2.05, 4.69) is 20.9 Å². The minimum atomic E-state index is -1.57. The molecule has 34 heavy (non-hydrogen) atoms. The number of nitrogens with one attached hydrogen (secondary N) is 3. The maximum absolute atomic E-state index is 13.0. The van der Waals surface area contributed by atoms with E-state index in [4.69, 9.17) is 17.2 Å². The Morgan fingerprint density at radius 1 is 1.00 bits per heavy atom. The van der Waals surface area contributed by atoms with Crippen molar-refractivity contribution in [1.29, 1.82) is 0 Å². The van der Waals surface area contributed by atoms with Gasteiger partial charge in [0.05, 0.1) is 12.6 Å². The summed E-state index contributed by atoms with van der Waals surface area (Å²) in [5.74, 6) is -3.61. The summed E-state index contributed by atoms with van der Waals surface area (Å²) in [5, 5.41) is 26.2. The van der Waals surface area contributed by atoms with Crippen LogP contribution in [0.3, 0.4) is 0 Å². The highest BCUT2D eigenvalue weighted by Crippen LogP contribution is 2.07. The largest absolute Gasteiger partial charge is 0.480 e. The van der Waals surface area contributed by atoms with Crippen LogP contribution in [0.25, 0.3) is 0 Å². The number of hydrogen-bond donors (Lipinski definition) is 8. The molecule has 0 spiro atoms. The maximum atomic E-state index is 13.0. The van der Waals surface area contributed by atoms with Crippen LogP contribution in [0.15, 0.2) is 35.3 Å². The third kappa shape index (κ3) is 10.3. The molecule has 1 rings (SSSR count). The van der Waals surface area contributed by atoms with Gasteiger partial charge < -0.3 is 43.4 Å². The van der Waals surface area contributed by atoms with Crippen molar-refractivity contribution in [2.75, 3.05) is 13.1 Å². The minimum absolute atomic E-state index is 0.0378. The zero-order valence-electron chi connectivity index (χ0n) is 18.9. The van der Waals surface area contributed by atoms with E-state index in [1.807, 2.05) is 0 Å². The molecular weight excluding hydrogens is 446 g/mol. The van der Waals surface area contributed by atoms with E-state index in [1.165, 1.54) is 6.92 Å². The summed E-state index contributed by atoms with van der Waals surface area (Å²) in [5.41, 5.74) is 16.6. The second-order valence-corrected chi connectivity index (χ2v) is 7.59. The monoisotopic (exact) mass is 479 g/mol. The number of aliphatic hydroxyl groups excluding tert-OH is 1. The SMILES string of the molecule is CC(O)C(NC(=O)C(Cc1ccccc1)NC(=O)C(CCCN=C(N)N)NC(=O)CN)C(=O)O. The summed E-state index contributed by atoms with van der Waals surface area (Å²) in [7, 11) is 0. The van der Waals surface area contributed by atoms with E-state index in [0.717, 1.165) is 0 Å². The molecule has 13 heteroatoms. The van der Waals surface area contributed by atoms with Gasteiger partial charge in [-0.2, -0.15) is 0 Å². The lowest BCUT2D eigenvalue weighted by Crippen LogP contribution is -2.58. The molecule has 0 radical (unpaired) electrons. The highest BCUT2D eigenvalue weighted by Gasteiger charge is 2.31. The normalized spacial score (nSPS) is 14.1. The molecule has 0 aliphatic heterocycles. The van der Waals surface area contributed by atoms with E-state index in [9.17, 15) is 29.4 Å². The molecule has 4 atom stereocenters. The van der Waals surface area contributed by atoms with E-state index < -0.39 is 47.9 Å². The molecule has 11 N–H and O–H groups in total. The number of benzene rings is 1. The van der Waals surface area contributed by atoms with Gasteiger partial charge in [-0.25, -0.2) is 4.79 Å². The van der Waals surface area contributed by atoms with E-state index >= 15 is 0 Å². The Balaban J connectivity index is 3.06. The van der Waals surface area contributed by atoms with Crippen molar-refractivity contribution < 1.29 is 29.4 Å². The summed E-state index contributed by atoms with van der Waals surface area (Å²) < 4.78 is 0. The molecule has 1 aromatic rings. The van der Waals surface area contributed by atoms with Crippen LogP contribution in [0.1, 0.15) is 25.3 Å². The number of carboxylic acid groups (broad SMARTS) is 1. The molecule has 0 bridgehead atoms. The van der Waals surface area contributed by atoms with Crippen molar-refractivity contribution in [2.24, 2.45) is 22.2 Å². The Labute approximate surface area is 197 Å². The highest BCUT2D eigenvalue weighted by atomic mass is 16.4. The summed E-state index contributed by atoms with van der Waals surface area (Å²) >= 11 is 0. The summed E-state index contributed by atoms with van der Waals surface area (Å²) in [6, 6.07) is 4.94. The Morgan fingerprint density at radius 3 is 2.15 bits per heavy atom.